The molecule has 0 radical (unpaired) electrons. The summed E-state index contributed by atoms with van der Waals surface area (Å²) in [6.07, 6.45) is 10.6. The predicted molar refractivity (Wildman–Crippen MR) is 125 cm³/mol. The number of tetrazole rings is 1. The SMILES string of the molecule is Cn1nnn(-c2cccc(C3CC3)c2COc2nc(C34CC5CC(CC(C5)C3)C4)cs2)c1=O. The van der Waals surface area contributed by atoms with Crippen molar-refractivity contribution < 1.29 is 4.74 Å². The fourth-order valence-electron chi connectivity index (χ4n) is 7.31. The van der Waals surface area contributed by atoms with E-state index >= 15 is 0 Å². The van der Waals surface area contributed by atoms with Gasteiger partial charge in [-0.3, -0.25) is 0 Å². The van der Waals surface area contributed by atoms with Gasteiger partial charge < -0.3 is 4.74 Å². The van der Waals surface area contributed by atoms with Gasteiger partial charge in [0.1, 0.15) is 6.61 Å². The molecule has 0 saturated heterocycles. The molecule has 0 amide bonds. The van der Waals surface area contributed by atoms with Crippen molar-refractivity contribution in [2.75, 3.05) is 0 Å². The van der Waals surface area contributed by atoms with Gasteiger partial charge in [0, 0.05) is 23.4 Å². The molecule has 0 atom stereocenters. The molecule has 1 aromatic carbocycles. The first-order chi connectivity index (χ1) is 16.1. The third kappa shape index (κ3) is 3.28. The van der Waals surface area contributed by atoms with Gasteiger partial charge in [-0.1, -0.05) is 23.5 Å². The van der Waals surface area contributed by atoms with E-state index < -0.39 is 0 Å². The summed E-state index contributed by atoms with van der Waals surface area (Å²) in [5.74, 6) is 3.25. The zero-order valence-corrected chi connectivity index (χ0v) is 19.8. The van der Waals surface area contributed by atoms with Crippen molar-refractivity contribution in [1.82, 2.24) is 24.8 Å². The van der Waals surface area contributed by atoms with Gasteiger partial charge in [-0.25, -0.2) is 9.78 Å². The second-order valence-corrected chi connectivity index (χ2v) is 11.7. The van der Waals surface area contributed by atoms with E-state index in [2.05, 4.69) is 21.9 Å². The minimum Gasteiger partial charge on any atom is -0.465 e. The molecule has 33 heavy (non-hydrogen) atoms. The van der Waals surface area contributed by atoms with E-state index in [1.807, 2.05) is 12.1 Å². The normalized spacial score (nSPS) is 30.2. The van der Waals surface area contributed by atoms with Gasteiger partial charge in [0.05, 0.1) is 11.4 Å². The molecule has 8 rings (SSSR count). The lowest BCUT2D eigenvalue weighted by Crippen LogP contribution is -2.48. The van der Waals surface area contributed by atoms with Gasteiger partial charge >= 0.3 is 5.69 Å². The molecule has 3 aromatic rings. The number of thiazole rings is 1. The second-order valence-electron chi connectivity index (χ2n) is 10.9. The number of hydrogen-bond acceptors (Lipinski definition) is 6. The number of benzene rings is 1. The van der Waals surface area contributed by atoms with Crippen LogP contribution in [0.3, 0.4) is 0 Å². The molecule has 0 spiro atoms. The summed E-state index contributed by atoms with van der Waals surface area (Å²) in [6.45, 7) is 0.388. The highest BCUT2D eigenvalue weighted by atomic mass is 32.1. The fourth-order valence-corrected chi connectivity index (χ4v) is 8.11. The zero-order chi connectivity index (χ0) is 22.2. The van der Waals surface area contributed by atoms with E-state index in [1.165, 1.54) is 72.0 Å². The maximum atomic E-state index is 12.6. The summed E-state index contributed by atoms with van der Waals surface area (Å²) in [7, 11) is 1.62. The van der Waals surface area contributed by atoms with Gasteiger partial charge in [0.15, 0.2) is 0 Å². The molecule has 172 valence electrons. The molecule has 0 aliphatic heterocycles. The molecule has 0 N–H and O–H groups in total. The molecule has 2 aromatic heterocycles. The van der Waals surface area contributed by atoms with E-state index in [4.69, 9.17) is 9.72 Å². The molecule has 7 nitrogen and oxygen atoms in total. The third-order valence-electron chi connectivity index (χ3n) is 8.56. The molecule has 4 bridgehead atoms. The van der Waals surface area contributed by atoms with Crippen LogP contribution in [0.15, 0.2) is 28.4 Å². The quantitative estimate of drug-likeness (QED) is 0.543. The van der Waals surface area contributed by atoms with E-state index in [-0.39, 0.29) is 11.1 Å². The summed E-state index contributed by atoms with van der Waals surface area (Å²) >= 11 is 1.62. The van der Waals surface area contributed by atoms with Crippen molar-refractivity contribution in [3.8, 4) is 10.9 Å². The highest BCUT2D eigenvalue weighted by Gasteiger charge is 2.52. The lowest BCUT2D eigenvalue weighted by Gasteiger charge is -2.56. The van der Waals surface area contributed by atoms with Crippen molar-refractivity contribution >= 4 is 11.3 Å². The van der Waals surface area contributed by atoms with Crippen molar-refractivity contribution in [2.45, 2.75) is 69.3 Å². The minimum atomic E-state index is -0.248. The van der Waals surface area contributed by atoms with Gasteiger partial charge in [-0.05, 0) is 97.1 Å². The minimum absolute atomic E-state index is 0.248. The molecule has 5 aliphatic carbocycles. The molecular weight excluding hydrogens is 434 g/mol. The standard InChI is InChI=1S/C25H29N5O2S/c1-29-24(31)30(28-27-29)21-4-2-3-19(18-5-6-18)20(21)13-32-23-26-22(14-33-23)25-10-15-7-16(11-25)9-17(8-15)12-25/h2-4,14-18H,5-13H2,1H3. The zero-order valence-electron chi connectivity index (χ0n) is 18.9. The average Bonchev–Trinajstić information content (AvgIpc) is 3.43. The third-order valence-corrected chi connectivity index (χ3v) is 9.31. The Morgan fingerprint density at radius 3 is 2.45 bits per heavy atom. The highest BCUT2D eigenvalue weighted by Crippen LogP contribution is 2.60. The maximum Gasteiger partial charge on any atom is 0.368 e. The van der Waals surface area contributed by atoms with Crippen LogP contribution in [0.4, 0.5) is 0 Å². The molecule has 5 saturated carbocycles. The maximum absolute atomic E-state index is 12.6. The van der Waals surface area contributed by atoms with Gasteiger partial charge in [-0.2, -0.15) is 9.36 Å². The Labute approximate surface area is 196 Å². The molecule has 0 unspecified atom stereocenters. The van der Waals surface area contributed by atoms with E-state index in [1.54, 1.807) is 18.4 Å². The van der Waals surface area contributed by atoms with E-state index in [0.717, 1.165) is 34.2 Å². The van der Waals surface area contributed by atoms with Crippen molar-refractivity contribution in [3.05, 3.63) is 50.9 Å². The molecule has 8 heteroatoms. The fraction of sp³-hybridized carbons (Fsp3) is 0.600. The monoisotopic (exact) mass is 463 g/mol. The van der Waals surface area contributed by atoms with Crippen LogP contribution in [-0.2, 0) is 19.1 Å². The topological polar surface area (TPSA) is 74.8 Å². The summed E-state index contributed by atoms with van der Waals surface area (Å²) in [5, 5.41) is 11.0. The number of rotatable bonds is 6. The van der Waals surface area contributed by atoms with Crippen LogP contribution in [0.1, 0.15) is 74.1 Å². The molecular formula is C25H29N5O2S. The Morgan fingerprint density at radius 1 is 1.09 bits per heavy atom. The average molecular weight is 464 g/mol. The number of aromatic nitrogens is 5. The van der Waals surface area contributed by atoms with E-state index in [9.17, 15) is 4.79 Å². The molecule has 5 fully saturated rings. The van der Waals surface area contributed by atoms with Crippen LogP contribution in [0.25, 0.3) is 5.69 Å². The number of nitrogens with zero attached hydrogens (tertiary/aromatic N) is 5. The van der Waals surface area contributed by atoms with Crippen molar-refractivity contribution in [3.63, 3.8) is 0 Å². The number of aryl methyl sites for hydroxylation is 1. The summed E-state index contributed by atoms with van der Waals surface area (Å²) < 4.78 is 8.94. The first kappa shape index (κ1) is 19.9. The second kappa shape index (κ2) is 7.26. The lowest BCUT2D eigenvalue weighted by molar-refractivity contribution is -0.00711. The Morgan fingerprint density at radius 2 is 1.82 bits per heavy atom. The largest absolute Gasteiger partial charge is 0.465 e. The van der Waals surface area contributed by atoms with Gasteiger partial charge in [0.2, 0.25) is 0 Å². The van der Waals surface area contributed by atoms with Gasteiger partial charge in [-0.15, -0.1) is 0 Å². The summed E-state index contributed by atoms with van der Waals surface area (Å²) in [4.78, 5) is 17.6. The van der Waals surface area contributed by atoms with Crippen LogP contribution in [0, 0.1) is 17.8 Å². The molecule has 2 heterocycles. The van der Waals surface area contributed by atoms with Crippen LogP contribution in [-0.4, -0.2) is 24.8 Å². The first-order valence-electron chi connectivity index (χ1n) is 12.3. The molecule has 5 aliphatic rings. The predicted octanol–water partition coefficient (Wildman–Crippen LogP) is 4.35. The first-order valence-corrected chi connectivity index (χ1v) is 13.2. The van der Waals surface area contributed by atoms with Crippen LogP contribution >= 0.6 is 11.3 Å². The van der Waals surface area contributed by atoms with E-state index in [0.29, 0.717) is 12.5 Å². The van der Waals surface area contributed by atoms with Crippen LogP contribution < -0.4 is 10.4 Å². The van der Waals surface area contributed by atoms with Crippen molar-refractivity contribution in [2.24, 2.45) is 24.8 Å². The Hall–Kier alpha value is -2.48. The summed E-state index contributed by atoms with van der Waals surface area (Å²) in [5.41, 5.74) is 4.34. The summed E-state index contributed by atoms with van der Waals surface area (Å²) in [6, 6.07) is 6.09. The Kier molecular flexibility index (Phi) is 4.39. The Bertz CT molecular complexity index is 1230. The van der Waals surface area contributed by atoms with Crippen LogP contribution in [0.5, 0.6) is 5.19 Å². The van der Waals surface area contributed by atoms with Crippen LogP contribution in [0.2, 0.25) is 0 Å². The Balaban J connectivity index is 1.17. The highest BCUT2D eigenvalue weighted by molar-refractivity contribution is 7.11. The smallest absolute Gasteiger partial charge is 0.368 e. The number of hydrogen-bond donors (Lipinski definition) is 0. The van der Waals surface area contributed by atoms with Gasteiger partial charge in [0.25, 0.3) is 5.19 Å². The number of ether oxygens (including phenoxy) is 1. The lowest BCUT2D eigenvalue weighted by atomic mass is 9.49. The van der Waals surface area contributed by atoms with Crippen molar-refractivity contribution in [1.29, 1.82) is 0 Å².